The Labute approximate surface area is 101 Å². The van der Waals surface area contributed by atoms with Gasteiger partial charge in [0.15, 0.2) is 0 Å². The van der Waals surface area contributed by atoms with E-state index in [1.54, 1.807) is 17.1 Å². The van der Waals surface area contributed by atoms with Crippen molar-refractivity contribution in [3.05, 3.63) is 16.0 Å². The van der Waals surface area contributed by atoms with Gasteiger partial charge in [-0.3, -0.25) is 0 Å². The first-order chi connectivity index (χ1) is 7.52. The van der Waals surface area contributed by atoms with Crippen molar-refractivity contribution in [1.82, 2.24) is 9.78 Å². The molecule has 90 valence electrons. The van der Waals surface area contributed by atoms with Crippen molar-refractivity contribution in [2.75, 3.05) is 0 Å². The third-order valence-corrected chi connectivity index (χ3v) is 5.08. The molecule has 0 unspecified atom stereocenters. The van der Waals surface area contributed by atoms with Crippen molar-refractivity contribution >= 4 is 32.6 Å². The van der Waals surface area contributed by atoms with Crippen LogP contribution in [0.1, 0.15) is 20.8 Å². The zero-order chi connectivity index (χ0) is 12.1. The van der Waals surface area contributed by atoms with E-state index in [9.17, 15) is 9.59 Å². The summed E-state index contributed by atoms with van der Waals surface area (Å²) in [6, 6.07) is 0. The van der Waals surface area contributed by atoms with Gasteiger partial charge in [-0.15, -0.1) is 0 Å². The molecule has 1 aromatic rings. The maximum atomic E-state index is 10.9. The molecule has 0 aromatic carbocycles. The third kappa shape index (κ3) is 3.80. The van der Waals surface area contributed by atoms with E-state index in [0.29, 0.717) is 10.1 Å². The number of hydrogen-bond acceptors (Lipinski definition) is 5. The molecule has 1 heterocycles. The monoisotopic (exact) mass is 340 g/mol. The molecule has 0 fully saturated rings. The SMILES string of the molecule is CCn1cc(I(OC(C)=O)OC(C)=O)cn1. The van der Waals surface area contributed by atoms with Crippen LogP contribution >= 0.6 is 20.6 Å². The van der Waals surface area contributed by atoms with E-state index in [0.717, 1.165) is 0 Å². The molecule has 16 heavy (non-hydrogen) atoms. The van der Waals surface area contributed by atoms with Gasteiger partial charge in [-0.1, -0.05) is 0 Å². The van der Waals surface area contributed by atoms with Crippen LogP contribution in [0.4, 0.5) is 0 Å². The Morgan fingerprint density at radius 1 is 1.38 bits per heavy atom. The molecule has 0 bridgehead atoms. The molecular weight excluding hydrogens is 327 g/mol. The fraction of sp³-hybridized carbons (Fsp3) is 0.444. The fourth-order valence-electron chi connectivity index (χ4n) is 0.893. The summed E-state index contributed by atoms with van der Waals surface area (Å²) in [6.45, 7) is 5.23. The van der Waals surface area contributed by atoms with Crippen LogP contribution < -0.4 is 0 Å². The topological polar surface area (TPSA) is 70.4 Å². The number of aryl methyl sites for hydroxylation is 1. The number of carbonyl (C=O) groups is 2. The van der Waals surface area contributed by atoms with E-state index in [4.69, 9.17) is 6.13 Å². The molecule has 0 aliphatic rings. The Morgan fingerprint density at radius 2 is 1.94 bits per heavy atom. The first-order valence-electron chi connectivity index (χ1n) is 4.63. The molecule has 7 heteroatoms. The van der Waals surface area contributed by atoms with E-state index in [1.165, 1.54) is 13.8 Å². The molecule has 0 aliphatic carbocycles. The Kier molecular flexibility index (Phi) is 4.71. The minimum atomic E-state index is -2.67. The van der Waals surface area contributed by atoms with Crippen LogP contribution in [0.5, 0.6) is 0 Å². The van der Waals surface area contributed by atoms with Crippen LogP contribution in [0.25, 0.3) is 0 Å². The summed E-state index contributed by atoms with van der Waals surface area (Å²) < 4.78 is 12.4. The minimum absolute atomic E-state index is 0.448. The van der Waals surface area contributed by atoms with Crippen molar-refractivity contribution in [2.45, 2.75) is 27.3 Å². The van der Waals surface area contributed by atoms with Gasteiger partial charge in [0, 0.05) is 0 Å². The fourth-order valence-corrected chi connectivity index (χ4v) is 3.52. The number of hydrogen-bond donors (Lipinski definition) is 0. The van der Waals surface area contributed by atoms with E-state index in [2.05, 4.69) is 5.10 Å². The van der Waals surface area contributed by atoms with Crippen LogP contribution in [0.2, 0.25) is 0 Å². The molecule has 0 saturated heterocycles. The van der Waals surface area contributed by atoms with Crippen molar-refractivity contribution in [2.24, 2.45) is 0 Å². The van der Waals surface area contributed by atoms with Gasteiger partial charge < -0.3 is 0 Å². The Balaban J connectivity index is 2.82. The molecule has 0 N–H and O–H groups in total. The second-order valence-corrected chi connectivity index (χ2v) is 6.24. The van der Waals surface area contributed by atoms with Gasteiger partial charge in [-0.2, -0.15) is 0 Å². The van der Waals surface area contributed by atoms with Crippen LogP contribution in [0.15, 0.2) is 12.4 Å². The normalized spacial score (nSPS) is 10.8. The summed E-state index contributed by atoms with van der Waals surface area (Å²) in [6.07, 6.45) is 3.30. The molecule has 1 aromatic heterocycles. The summed E-state index contributed by atoms with van der Waals surface area (Å²) in [5, 5.41) is 4.04. The Hall–Kier alpha value is -1.12. The van der Waals surface area contributed by atoms with Crippen molar-refractivity contribution < 1.29 is 15.7 Å². The van der Waals surface area contributed by atoms with E-state index < -0.39 is 32.6 Å². The second kappa shape index (κ2) is 5.83. The van der Waals surface area contributed by atoms with Crippen molar-refractivity contribution in [1.29, 1.82) is 0 Å². The van der Waals surface area contributed by atoms with Crippen LogP contribution in [0.3, 0.4) is 0 Å². The molecule has 0 aliphatic heterocycles. The van der Waals surface area contributed by atoms with Gasteiger partial charge in [-0.25, -0.2) is 0 Å². The number of aromatic nitrogens is 2. The van der Waals surface area contributed by atoms with Gasteiger partial charge >= 0.3 is 101 Å². The van der Waals surface area contributed by atoms with Gasteiger partial charge in [0.2, 0.25) is 0 Å². The molecular formula is C9H13IN2O4. The van der Waals surface area contributed by atoms with Crippen molar-refractivity contribution in [3.8, 4) is 0 Å². The zero-order valence-electron chi connectivity index (χ0n) is 9.27. The number of halogens is 1. The summed E-state index contributed by atoms with van der Waals surface area (Å²) in [5.41, 5.74) is 0. The molecule has 1 rings (SSSR count). The molecule has 0 spiro atoms. The molecule has 0 radical (unpaired) electrons. The third-order valence-electron chi connectivity index (χ3n) is 1.46. The molecule has 0 amide bonds. The van der Waals surface area contributed by atoms with Crippen molar-refractivity contribution in [3.63, 3.8) is 0 Å². The standard InChI is InChI=1S/C9H13IN2O4/c1-4-12-6-9(5-11-12)10(15-7(2)13)16-8(3)14/h5-6H,4H2,1-3H3. The van der Waals surface area contributed by atoms with Crippen LogP contribution in [-0.4, -0.2) is 21.7 Å². The first kappa shape index (κ1) is 12.9. The summed E-state index contributed by atoms with van der Waals surface area (Å²) in [4.78, 5) is 21.8. The Bertz CT molecular complexity index is 375. The Morgan fingerprint density at radius 3 is 2.31 bits per heavy atom. The number of carbonyl (C=O) groups excluding carboxylic acids is 2. The van der Waals surface area contributed by atoms with Crippen LogP contribution in [-0.2, 0) is 22.3 Å². The molecule has 0 atom stereocenters. The van der Waals surface area contributed by atoms with E-state index in [1.807, 2.05) is 6.92 Å². The van der Waals surface area contributed by atoms with Crippen LogP contribution in [0, 0.1) is 3.57 Å². The average Bonchev–Trinajstić information content (AvgIpc) is 2.63. The van der Waals surface area contributed by atoms with Gasteiger partial charge in [0.1, 0.15) is 0 Å². The number of rotatable bonds is 4. The molecule has 6 nitrogen and oxygen atoms in total. The van der Waals surface area contributed by atoms with Gasteiger partial charge in [0.25, 0.3) is 0 Å². The summed E-state index contributed by atoms with van der Waals surface area (Å²) >= 11 is -2.67. The predicted molar refractivity (Wildman–Crippen MR) is 64.2 cm³/mol. The average molecular weight is 340 g/mol. The van der Waals surface area contributed by atoms with E-state index in [-0.39, 0.29) is 0 Å². The number of nitrogens with zero attached hydrogens (tertiary/aromatic N) is 2. The maximum absolute atomic E-state index is 10.9. The molecule has 0 saturated carbocycles. The summed E-state index contributed by atoms with van der Waals surface area (Å²) in [5.74, 6) is -0.897. The van der Waals surface area contributed by atoms with Gasteiger partial charge in [0.05, 0.1) is 0 Å². The zero-order valence-corrected chi connectivity index (χ0v) is 11.4. The quantitative estimate of drug-likeness (QED) is 0.778. The second-order valence-electron chi connectivity index (χ2n) is 2.87. The first-order valence-corrected chi connectivity index (χ1v) is 7.47. The van der Waals surface area contributed by atoms with E-state index >= 15 is 0 Å². The predicted octanol–water partition coefficient (Wildman–Crippen LogP) is 1.54. The van der Waals surface area contributed by atoms with Gasteiger partial charge in [-0.05, 0) is 0 Å². The summed E-state index contributed by atoms with van der Waals surface area (Å²) in [7, 11) is 0.